The van der Waals surface area contributed by atoms with Crippen LogP contribution in [0.5, 0.6) is 0 Å². The number of aromatic nitrogens is 2. The first-order valence-corrected chi connectivity index (χ1v) is 6.94. The second-order valence-corrected chi connectivity index (χ2v) is 5.19. The van der Waals surface area contributed by atoms with Crippen LogP contribution < -0.4 is 10.6 Å². The zero-order valence-corrected chi connectivity index (χ0v) is 12.5. The van der Waals surface area contributed by atoms with Crippen molar-refractivity contribution in [3.8, 4) is 0 Å². The summed E-state index contributed by atoms with van der Waals surface area (Å²) in [4.78, 5) is 22.5. The third kappa shape index (κ3) is 3.32. The van der Waals surface area contributed by atoms with Crippen LogP contribution in [0.3, 0.4) is 0 Å². The van der Waals surface area contributed by atoms with Gasteiger partial charge in [-0.05, 0) is 6.07 Å². The van der Waals surface area contributed by atoms with E-state index in [9.17, 15) is 9.59 Å². The second-order valence-electron chi connectivity index (χ2n) is 3.85. The molecular weight excluding hydrogens is 343 g/mol. The molecule has 0 bridgehead atoms. The van der Waals surface area contributed by atoms with Crippen molar-refractivity contribution in [3.63, 3.8) is 0 Å². The first-order chi connectivity index (χ1) is 9.93. The van der Waals surface area contributed by atoms with E-state index in [-0.39, 0.29) is 15.7 Å². The predicted octanol–water partition coefficient (Wildman–Crippen LogP) is 1.57. The van der Waals surface area contributed by atoms with Crippen LogP contribution in [0.1, 0.15) is 0 Å². The molecule has 0 spiro atoms. The standard InChI is InChI=1S/C10H8Cl2N4O4S/c11-3-1-4(12)7-8(16-21-15-7)6(3)14-10(20)13-5(2-17)9(18)19/h1,5,17H,2H2,(H,18,19)(H2,13,14,20). The molecule has 1 unspecified atom stereocenters. The van der Waals surface area contributed by atoms with Crippen LogP contribution in [-0.4, -0.2) is 43.6 Å². The summed E-state index contributed by atoms with van der Waals surface area (Å²) < 4.78 is 7.95. The molecule has 11 heteroatoms. The van der Waals surface area contributed by atoms with Gasteiger partial charge in [-0.15, -0.1) is 0 Å². The Labute approximate surface area is 132 Å². The Hall–Kier alpha value is -1.68. The molecule has 2 amide bonds. The quantitative estimate of drug-likeness (QED) is 0.663. The number of hydrogen-bond acceptors (Lipinski definition) is 6. The van der Waals surface area contributed by atoms with Gasteiger partial charge >= 0.3 is 12.0 Å². The lowest BCUT2D eigenvalue weighted by atomic mass is 10.2. The van der Waals surface area contributed by atoms with Crippen molar-refractivity contribution >= 4 is 63.7 Å². The van der Waals surface area contributed by atoms with Crippen molar-refractivity contribution in [2.45, 2.75) is 6.04 Å². The van der Waals surface area contributed by atoms with E-state index in [0.717, 1.165) is 11.7 Å². The minimum absolute atomic E-state index is 0.131. The summed E-state index contributed by atoms with van der Waals surface area (Å²) in [5, 5.41) is 22.5. The zero-order valence-electron chi connectivity index (χ0n) is 10.1. The van der Waals surface area contributed by atoms with E-state index in [1.807, 2.05) is 0 Å². The van der Waals surface area contributed by atoms with Crippen molar-refractivity contribution < 1.29 is 19.8 Å². The number of hydrogen-bond donors (Lipinski definition) is 4. The number of carbonyl (C=O) groups excluding carboxylic acids is 1. The lowest BCUT2D eigenvalue weighted by Gasteiger charge is -2.13. The number of fused-ring (bicyclic) bond motifs is 1. The van der Waals surface area contributed by atoms with Crippen molar-refractivity contribution in [3.05, 3.63) is 16.1 Å². The lowest BCUT2D eigenvalue weighted by molar-refractivity contribution is -0.140. The molecule has 0 aliphatic carbocycles. The Balaban J connectivity index is 2.25. The van der Waals surface area contributed by atoms with E-state index >= 15 is 0 Å². The number of benzene rings is 1. The molecule has 8 nitrogen and oxygen atoms in total. The summed E-state index contributed by atoms with van der Waals surface area (Å²) in [5.41, 5.74) is 0.825. The lowest BCUT2D eigenvalue weighted by Crippen LogP contribution is -2.45. The number of halogens is 2. The third-order valence-electron chi connectivity index (χ3n) is 2.47. The first kappa shape index (κ1) is 15.7. The minimum Gasteiger partial charge on any atom is -0.480 e. The van der Waals surface area contributed by atoms with Crippen molar-refractivity contribution in [1.82, 2.24) is 14.1 Å². The van der Waals surface area contributed by atoms with Gasteiger partial charge in [0.25, 0.3) is 0 Å². The summed E-state index contributed by atoms with van der Waals surface area (Å²) in [6, 6.07) is -0.890. The molecule has 1 aromatic heterocycles. The highest BCUT2D eigenvalue weighted by Gasteiger charge is 2.21. The van der Waals surface area contributed by atoms with Crippen LogP contribution in [0, 0.1) is 0 Å². The smallest absolute Gasteiger partial charge is 0.328 e. The average Bonchev–Trinajstić information content (AvgIpc) is 2.90. The molecule has 2 rings (SSSR count). The number of anilines is 1. The molecule has 0 fully saturated rings. The van der Waals surface area contributed by atoms with Crippen LogP contribution in [0.2, 0.25) is 10.0 Å². The second kappa shape index (κ2) is 6.39. The number of carboxylic acids is 1. The molecule has 21 heavy (non-hydrogen) atoms. The Morgan fingerprint density at radius 1 is 1.29 bits per heavy atom. The first-order valence-electron chi connectivity index (χ1n) is 5.45. The molecule has 4 N–H and O–H groups in total. The van der Waals surface area contributed by atoms with Gasteiger partial charge in [0.15, 0.2) is 6.04 Å². The van der Waals surface area contributed by atoms with Gasteiger partial charge in [0.05, 0.1) is 34.1 Å². The van der Waals surface area contributed by atoms with Gasteiger partial charge in [0.1, 0.15) is 11.0 Å². The minimum atomic E-state index is -1.43. The van der Waals surface area contributed by atoms with Crippen LogP contribution in [0.4, 0.5) is 10.5 Å². The molecule has 0 aliphatic rings. The fourth-order valence-corrected chi connectivity index (χ4v) is 2.65. The number of aliphatic carboxylic acids is 1. The van der Waals surface area contributed by atoms with Gasteiger partial charge in [0.2, 0.25) is 0 Å². The van der Waals surface area contributed by atoms with E-state index < -0.39 is 24.6 Å². The SMILES string of the molecule is O=C(Nc1c(Cl)cc(Cl)c2nsnc12)NC(CO)C(=O)O. The van der Waals surface area contributed by atoms with Crippen LogP contribution in [0.15, 0.2) is 6.07 Å². The molecule has 1 atom stereocenters. The monoisotopic (exact) mass is 350 g/mol. The third-order valence-corrected chi connectivity index (χ3v) is 3.58. The van der Waals surface area contributed by atoms with E-state index in [0.29, 0.717) is 11.0 Å². The number of nitrogens with zero attached hydrogens (tertiary/aromatic N) is 2. The molecule has 0 aliphatic heterocycles. The predicted molar refractivity (Wildman–Crippen MR) is 78.1 cm³/mol. The Kier molecular flexibility index (Phi) is 4.78. The van der Waals surface area contributed by atoms with E-state index in [1.54, 1.807) is 0 Å². The van der Waals surface area contributed by atoms with Crippen LogP contribution in [0.25, 0.3) is 11.0 Å². The molecule has 112 valence electrons. The number of urea groups is 1. The number of aliphatic hydroxyl groups excluding tert-OH is 1. The Bertz CT molecular complexity index is 708. The van der Waals surface area contributed by atoms with E-state index in [1.165, 1.54) is 6.07 Å². The Morgan fingerprint density at radius 3 is 2.57 bits per heavy atom. The summed E-state index contributed by atoms with van der Waals surface area (Å²) in [6.45, 7) is -0.745. The fraction of sp³-hybridized carbons (Fsp3) is 0.200. The number of amides is 2. The largest absolute Gasteiger partial charge is 0.480 e. The Morgan fingerprint density at radius 2 is 1.95 bits per heavy atom. The van der Waals surface area contributed by atoms with Crippen LogP contribution in [-0.2, 0) is 4.79 Å². The number of carboxylic acid groups (broad SMARTS) is 1. The number of rotatable bonds is 4. The fourth-order valence-electron chi connectivity index (χ4n) is 1.49. The molecular formula is C10H8Cl2N4O4S. The summed E-state index contributed by atoms with van der Waals surface area (Å²) in [5.74, 6) is -1.37. The number of aliphatic hydroxyl groups is 1. The molecule has 0 saturated heterocycles. The van der Waals surface area contributed by atoms with Crippen molar-refractivity contribution in [2.24, 2.45) is 0 Å². The van der Waals surface area contributed by atoms with Gasteiger partial charge in [0, 0.05) is 0 Å². The molecule has 0 saturated carbocycles. The summed E-state index contributed by atoms with van der Waals surface area (Å²) >= 11 is 12.8. The maximum Gasteiger partial charge on any atom is 0.328 e. The molecule has 1 aromatic carbocycles. The number of carbonyl (C=O) groups is 2. The van der Waals surface area contributed by atoms with Gasteiger partial charge in [-0.25, -0.2) is 9.59 Å². The van der Waals surface area contributed by atoms with Gasteiger partial charge < -0.3 is 20.8 Å². The van der Waals surface area contributed by atoms with Crippen molar-refractivity contribution in [1.29, 1.82) is 0 Å². The van der Waals surface area contributed by atoms with Gasteiger partial charge in [-0.1, -0.05) is 23.2 Å². The molecule has 1 heterocycles. The van der Waals surface area contributed by atoms with Crippen LogP contribution >= 0.6 is 34.9 Å². The molecule has 0 radical (unpaired) electrons. The highest BCUT2D eigenvalue weighted by Crippen LogP contribution is 2.35. The maximum absolute atomic E-state index is 11.8. The van der Waals surface area contributed by atoms with E-state index in [2.05, 4.69) is 19.4 Å². The maximum atomic E-state index is 11.8. The van der Waals surface area contributed by atoms with E-state index in [4.69, 9.17) is 33.4 Å². The summed E-state index contributed by atoms with van der Waals surface area (Å²) in [7, 11) is 0. The topological polar surface area (TPSA) is 124 Å². The van der Waals surface area contributed by atoms with Crippen molar-refractivity contribution in [2.75, 3.05) is 11.9 Å². The normalized spacial score (nSPS) is 12.1. The van der Waals surface area contributed by atoms with Gasteiger partial charge in [-0.3, -0.25) is 0 Å². The zero-order chi connectivity index (χ0) is 15.6. The van der Waals surface area contributed by atoms with Gasteiger partial charge in [-0.2, -0.15) is 8.75 Å². The molecule has 2 aromatic rings. The highest BCUT2D eigenvalue weighted by atomic mass is 35.5. The highest BCUT2D eigenvalue weighted by molar-refractivity contribution is 7.00. The average molecular weight is 351 g/mol. The summed E-state index contributed by atoms with van der Waals surface area (Å²) in [6.07, 6.45) is 0. The number of nitrogens with one attached hydrogen (secondary N) is 2.